The molecule has 1 amide bonds. The molecule has 0 bridgehead atoms. The number of piperidine rings is 1. The van der Waals surface area contributed by atoms with Crippen molar-refractivity contribution in [2.24, 2.45) is 0 Å². The van der Waals surface area contributed by atoms with E-state index in [1.165, 1.54) is 0 Å². The van der Waals surface area contributed by atoms with Gasteiger partial charge >= 0.3 is 0 Å². The number of carbonyl (C=O) groups is 1. The number of benzene rings is 1. The predicted octanol–water partition coefficient (Wildman–Crippen LogP) is 2.82. The van der Waals surface area contributed by atoms with E-state index in [0.29, 0.717) is 44.1 Å². The Balaban J connectivity index is 1.35. The minimum atomic E-state index is -1.39. The normalized spacial score (nSPS) is 15.2. The Kier molecular flexibility index (Phi) is 6.50. The predicted molar refractivity (Wildman–Crippen MR) is 127 cm³/mol. The molecule has 0 radical (unpaired) electrons. The lowest BCUT2D eigenvalue weighted by Gasteiger charge is -2.37. The van der Waals surface area contributed by atoms with Crippen LogP contribution in [0.3, 0.4) is 0 Å². The zero-order chi connectivity index (χ0) is 23.4. The van der Waals surface area contributed by atoms with Gasteiger partial charge < -0.3 is 25.4 Å². The Labute approximate surface area is 193 Å². The largest absolute Gasteiger partial charge is 0.497 e. The number of nitrogens with one attached hydrogen (secondary N) is 3. The second-order valence-electron chi connectivity index (χ2n) is 8.50. The molecule has 1 aliphatic heterocycles. The van der Waals surface area contributed by atoms with Crippen LogP contribution in [0.4, 0.5) is 17.5 Å². The third-order valence-corrected chi connectivity index (χ3v) is 5.87. The smallest absolute Gasteiger partial charge is 0.252 e. The number of aliphatic hydroxyl groups is 1. The SMILES string of the molecule is COc1ccc(CNC(=O)C2(O)CCN(c3cc(C)cc(Nc4cc(C)[nH]n4)n3)CC2)cc1. The van der Waals surface area contributed by atoms with Crippen LogP contribution in [0.5, 0.6) is 5.75 Å². The van der Waals surface area contributed by atoms with Crippen molar-refractivity contribution in [3.8, 4) is 5.75 Å². The molecular weight excluding hydrogens is 420 g/mol. The van der Waals surface area contributed by atoms with E-state index < -0.39 is 5.60 Å². The topological polar surface area (TPSA) is 115 Å². The molecule has 4 rings (SSSR count). The van der Waals surface area contributed by atoms with E-state index in [1.54, 1.807) is 7.11 Å². The number of aryl methyl sites for hydroxylation is 2. The van der Waals surface area contributed by atoms with Crippen LogP contribution in [0, 0.1) is 13.8 Å². The van der Waals surface area contributed by atoms with E-state index in [2.05, 4.69) is 25.7 Å². The molecule has 2 aromatic heterocycles. The van der Waals surface area contributed by atoms with Crippen molar-refractivity contribution in [3.05, 3.63) is 59.3 Å². The van der Waals surface area contributed by atoms with Crippen LogP contribution in [0.1, 0.15) is 29.7 Å². The van der Waals surface area contributed by atoms with Crippen molar-refractivity contribution in [1.29, 1.82) is 0 Å². The van der Waals surface area contributed by atoms with E-state index in [4.69, 9.17) is 9.72 Å². The molecular formula is C24H30N6O3. The lowest BCUT2D eigenvalue weighted by Crippen LogP contribution is -2.53. The number of carbonyl (C=O) groups excluding carboxylic acids is 1. The molecule has 0 unspecified atom stereocenters. The van der Waals surface area contributed by atoms with Gasteiger partial charge in [-0.15, -0.1) is 0 Å². The average molecular weight is 451 g/mol. The molecule has 3 heterocycles. The van der Waals surface area contributed by atoms with Gasteiger partial charge in [0, 0.05) is 44.2 Å². The van der Waals surface area contributed by atoms with Gasteiger partial charge in [-0.3, -0.25) is 9.89 Å². The minimum Gasteiger partial charge on any atom is -0.497 e. The van der Waals surface area contributed by atoms with Gasteiger partial charge in [0.1, 0.15) is 23.0 Å². The molecule has 1 aliphatic rings. The molecule has 4 N–H and O–H groups in total. The number of rotatable bonds is 7. The zero-order valence-corrected chi connectivity index (χ0v) is 19.2. The average Bonchev–Trinajstić information content (AvgIpc) is 3.22. The number of hydrogen-bond acceptors (Lipinski definition) is 7. The third kappa shape index (κ3) is 5.43. The van der Waals surface area contributed by atoms with Crippen LogP contribution in [-0.2, 0) is 11.3 Å². The van der Waals surface area contributed by atoms with Gasteiger partial charge in [-0.1, -0.05) is 12.1 Å². The Morgan fingerprint density at radius 3 is 2.52 bits per heavy atom. The lowest BCUT2D eigenvalue weighted by atomic mass is 9.90. The molecule has 0 saturated carbocycles. The number of aromatic amines is 1. The molecule has 1 saturated heterocycles. The highest BCUT2D eigenvalue weighted by Gasteiger charge is 2.39. The summed E-state index contributed by atoms with van der Waals surface area (Å²) in [5.74, 6) is 2.64. The van der Waals surface area contributed by atoms with Gasteiger partial charge in [0.15, 0.2) is 5.82 Å². The summed E-state index contributed by atoms with van der Waals surface area (Å²) < 4.78 is 5.15. The quantitative estimate of drug-likeness (QED) is 0.437. The van der Waals surface area contributed by atoms with Crippen LogP contribution in [0.15, 0.2) is 42.5 Å². The monoisotopic (exact) mass is 450 g/mol. The van der Waals surface area contributed by atoms with Crippen molar-refractivity contribution in [1.82, 2.24) is 20.5 Å². The Morgan fingerprint density at radius 2 is 1.88 bits per heavy atom. The fraction of sp³-hybridized carbons (Fsp3) is 0.375. The number of methoxy groups -OCH3 is 1. The number of ether oxygens (including phenoxy) is 1. The molecule has 3 aromatic rings. The Hall–Kier alpha value is -3.59. The Morgan fingerprint density at radius 1 is 1.15 bits per heavy atom. The molecule has 0 atom stereocenters. The molecule has 1 fully saturated rings. The van der Waals surface area contributed by atoms with Gasteiger partial charge in [-0.25, -0.2) is 4.98 Å². The number of hydrogen-bond donors (Lipinski definition) is 4. The molecule has 9 nitrogen and oxygen atoms in total. The number of amides is 1. The van der Waals surface area contributed by atoms with Gasteiger partial charge in [0.2, 0.25) is 0 Å². The summed E-state index contributed by atoms with van der Waals surface area (Å²) >= 11 is 0. The zero-order valence-electron chi connectivity index (χ0n) is 19.2. The van der Waals surface area contributed by atoms with Crippen LogP contribution in [-0.4, -0.2) is 52.0 Å². The molecule has 0 aliphatic carbocycles. The van der Waals surface area contributed by atoms with Gasteiger partial charge in [-0.2, -0.15) is 5.10 Å². The fourth-order valence-corrected chi connectivity index (χ4v) is 3.91. The molecule has 9 heteroatoms. The summed E-state index contributed by atoms with van der Waals surface area (Å²) in [5.41, 5.74) is 1.58. The first-order chi connectivity index (χ1) is 15.8. The highest BCUT2D eigenvalue weighted by molar-refractivity contribution is 5.85. The van der Waals surface area contributed by atoms with Crippen LogP contribution in [0.25, 0.3) is 0 Å². The van der Waals surface area contributed by atoms with Crippen LogP contribution in [0.2, 0.25) is 0 Å². The number of H-pyrrole nitrogens is 1. The first-order valence-electron chi connectivity index (χ1n) is 11.0. The van der Waals surface area contributed by atoms with E-state index >= 15 is 0 Å². The minimum absolute atomic E-state index is 0.332. The second kappa shape index (κ2) is 9.50. The van der Waals surface area contributed by atoms with Gasteiger partial charge in [-0.05, 0) is 49.2 Å². The Bertz CT molecular complexity index is 1100. The maximum atomic E-state index is 12.7. The summed E-state index contributed by atoms with van der Waals surface area (Å²) in [7, 11) is 1.61. The third-order valence-electron chi connectivity index (χ3n) is 5.87. The van der Waals surface area contributed by atoms with Gasteiger partial charge in [0.05, 0.1) is 7.11 Å². The van der Waals surface area contributed by atoms with Gasteiger partial charge in [0.25, 0.3) is 5.91 Å². The number of aromatic nitrogens is 3. The fourth-order valence-electron chi connectivity index (χ4n) is 3.91. The molecule has 33 heavy (non-hydrogen) atoms. The van der Waals surface area contributed by atoms with E-state index in [1.807, 2.05) is 56.3 Å². The molecule has 0 spiro atoms. The summed E-state index contributed by atoms with van der Waals surface area (Å²) in [4.78, 5) is 19.5. The molecule has 1 aromatic carbocycles. The second-order valence-corrected chi connectivity index (χ2v) is 8.50. The summed E-state index contributed by atoms with van der Waals surface area (Å²) in [6, 6.07) is 13.4. The molecule has 174 valence electrons. The standard InChI is InChI=1S/C24H30N6O3/c1-16-12-20(26-21-14-17(2)28-29-21)27-22(13-16)30-10-8-24(32,9-11-30)23(31)25-15-18-4-6-19(33-3)7-5-18/h4-7,12-14,32H,8-11,15H2,1-3H3,(H,25,31)(H2,26,27,28,29). The van der Waals surface area contributed by atoms with E-state index in [-0.39, 0.29) is 5.91 Å². The van der Waals surface area contributed by atoms with E-state index in [9.17, 15) is 9.90 Å². The maximum absolute atomic E-state index is 12.7. The van der Waals surface area contributed by atoms with Crippen molar-refractivity contribution in [2.45, 2.75) is 38.8 Å². The highest BCUT2D eigenvalue weighted by Crippen LogP contribution is 2.28. The first kappa shape index (κ1) is 22.6. The number of anilines is 3. The van der Waals surface area contributed by atoms with Crippen LogP contribution < -0.4 is 20.3 Å². The summed E-state index contributed by atoms with van der Waals surface area (Å²) in [6.07, 6.45) is 0.663. The van der Waals surface area contributed by atoms with Crippen LogP contribution >= 0.6 is 0 Å². The summed E-state index contributed by atoms with van der Waals surface area (Å²) in [6.45, 7) is 5.37. The highest BCUT2D eigenvalue weighted by atomic mass is 16.5. The lowest BCUT2D eigenvalue weighted by molar-refractivity contribution is -0.142. The summed E-state index contributed by atoms with van der Waals surface area (Å²) in [5, 5.41) is 24.2. The van der Waals surface area contributed by atoms with Crippen molar-refractivity contribution in [3.63, 3.8) is 0 Å². The van der Waals surface area contributed by atoms with Crippen molar-refractivity contribution >= 4 is 23.4 Å². The number of nitrogens with zero attached hydrogens (tertiary/aromatic N) is 3. The maximum Gasteiger partial charge on any atom is 0.252 e. The van der Waals surface area contributed by atoms with Crippen molar-refractivity contribution < 1.29 is 14.6 Å². The number of pyridine rings is 1. The van der Waals surface area contributed by atoms with E-state index in [0.717, 1.165) is 28.4 Å². The van der Waals surface area contributed by atoms with Crippen molar-refractivity contribution in [2.75, 3.05) is 30.4 Å². The first-order valence-corrected chi connectivity index (χ1v) is 11.0.